The first kappa shape index (κ1) is 12.4. The molecule has 0 amide bonds. The minimum atomic E-state index is -0.412. The molecule has 1 saturated carbocycles. The highest BCUT2D eigenvalue weighted by Gasteiger charge is 2.33. The number of hydrogen-bond acceptors (Lipinski definition) is 3. The molecule has 4 heteroatoms. The average molecular weight is 259 g/mol. The number of hydrogen-bond donors (Lipinski definition) is 1. The third-order valence-electron chi connectivity index (χ3n) is 3.98. The van der Waals surface area contributed by atoms with Crippen molar-refractivity contribution in [1.82, 2.24) is 5.32 Å². The van der Waals surface area contributed by atoms with Crippen LogP contribution in [0.5, 0.6) is 0 Å². The Kier molecular flexibility index (Phi) is 3.39. The Morgan fingerprint density at radius 3 is 2.84 bits per heavy atom. The van der Waals surface area contributed by atoms with E-state index in [0.29, 0.717) is 12.1 Å². The minimum Gasteiger partial charge on any atom is -0.366 e. The molecule has 0 spiro atoms. The van der Waals surface area contributed by atoms with Crippen molar-refractivity contribution in [2.24, 2.45) is 0 Å². The number of rotatable bonds is 4. The number of nitrogens with zero attached hydrogens (tertiary/aromatic N) is 2. The van der Waals surface area contributed by atoms with Gasteiger partial charge < -0.3 is 10.2 Å². The second kappa shape index (κ2) is 5.18. The maximum Gasteiger partial charge on any atom is 0.143 e. The maximum atomic E-state index is 13.7. The van der Waals surface area contributed by atoms with Gasteiger partial charge in [-0.1, -0.05) is 6.07 Å². The average Bonchev–Trinajstić information content (AvgIpc) is 3.13. The van der Waals surface area contributed by atoms with E-state index in [4.69, 9.17) is 0 Å². The lowest BCUT2D eigenvalue weighted by molar-refractivity contribution is 0.575. The first-order chi connectivity index (χ1) is 9.29. The monoisotopic (exact) mass is 259 g/mol. The fourth-order valence-corrected chi connectivity index (χ4v) is 2.84. The molecule has 1 N–H and O–H groups in total. The molecule has 1 atom stereocenters. The van der Waals surface area contributed by atoms with Crippen molar-refractivity contribution < 1.29 is 4.39 Å². The number of benzene rings is 1. The van der Waals surface area contributed by atoms with E-state index in [0.717, 1.165) is 31.6 Å². The lowest BCUT2D eigenvalue weighted by atomic mass is 10.1. The van der Waals surface area contributed by atoms with E-state index < -0.39 is 5.82 Å². The predicted octanol–water partition coefficient (Wildman–Crippen LogP) is 2.42. The van der Waals surface area contributed by atoms with Gasteiger partial charge in [0.25, 0.3) is 0 Å². The van der Waals surface area contributed by atoms with Crippen LogP contribution in [-0.4, -0.2) is 25.2 Å². The predicted molar refractivity (Wildman–Crippen MR) is 72.5 cm³/mol. The third kappa shape index (κ3) is 2.57. The largest absolute Gasteiger partial charge is 0.366 e. The van der Waals surface area contributed by atoms with Crippen LogP contribution in [0.25, 0.3) is 0 Å². The highest BCUT2D eigenvalue weighted by molar-refractivity contribution is 5.61. The van der Waals surface area contributed by atoms with E-state index in [1.807, 2.05) is 12.1 Å². The van der Waals surface area contributed by atoms with Gasteiger partial charge in [0.2, 0.25) is 0 Å². The molecule has 1 saturated heterocycles. The summed E-state index contributed by atoms with van der Waals surface area (Å²) in [6.45, 7) is 1.94. The summed E-state index contributed by atoms with van der Waals surface area (Å²) in [6, 6.07) is 7.89. The molecule has 0 radical (unpaired) electrons. The normalized spacial score (nSPS) is 22.2. The molecule has 2 fully saturated rings. The molecule has 2 aliphatic rings. The van der Waals surface area contributed by atoms with Crippen LogP contribution in [0.4, 0.5) is 10.1 Å². The topological polar surface area (TPSA) is 39.1 Å². The fourth-order valence-electron chi connectivity index (χ4n) is 2.84. The molecule has 1 heterocycles. The van der Waals surface area contributed by atoms with Crippen LogP contribution in [0.3, 0.4) is 0 Å². The van der Waals surface area contributed by atoms with Crippen LogP contribution in [-0.2, 0) is 0 Å². The van der Waals surface area contributed by atoms with Gasteiger partial charge in [0.1, 0.15) is 17.4 Å². The van der Waals surface area contributed by atoms with Crippen molar-refractivity contribution in [3.8, 4) is 6.07 Å². The van der Waals surface area contributed by atoms with E-state index in [1.165, 1.54) is 18.9 Å². The van der Waals surface area contributed by atoms with Crippen LogP contribution >= 0.6 is 0 Å². The highest BCUT2D eigenvalue weighted by Crippen LogP contribution is 2.34. The summed E-state index contributed by atoms with van der Waals surface area (Å²) in [7, 11) is 0. The van der Waals surface area contributed by atoms with Gasteiger partial charge in [0.15, 0.2) is 0 Å². The number of nitrogens with one attached hydrogen (secondary N) is 1. The molecule has 0 aromatic heterocycles. The zero-order valence-electron chi connectivity index (χ0n) is 10.9. The van der Waals surface area contributed by atoms with Crippen LogP contribution in [0.1, 0.15) is 31.2 Å². The number of nitriles is 1. The van der Waals surface area contributed by atoms with Crippen molar-refractivity contribution in [2.45, 2.75) is 37.8 Å². The second-order valence-electron chi connectivity index (χ2n) is 5.42. The Labute approximate surface area is 113 Å². The first-order valence-corrected chi connectivity index (χ1v) is 6.98. The molecular weight excluding hydrogens is 241 g/mol. The quantitative estimate of drug-likeness (QED) is 0.902. The van der Waals surface area contributed by atoms with Gasteiger partial charge in [-0.2, -0.15) is 5.26 Å². The van der Waals surface area contributed by atoms with Crippen LogP contribution in [0.2, 0.25) is 0 Å². The van der Waals surface area contributed by atoms with Crippen molar-refractivity contribution in [3.63, 3.8) is 0 Å². The van der Waals surface area contributed by atoms with Gasteiger partial charge in [-0.25, -0.2) is 4.39 Å². The summed E-state index contributed by atoms with van der Waals surface area (Å²) in [5.41, 5.74) is 0.950. The fraction of sp³-hybridized carbons (Fsp3) is 0.533. The second-order valence-corrected chi connectivity index (χ2v) is 5.42. The Morgan fingerprint density at radius 1 is 1.37 bits per heavy atom. The molecule has 1 aromatic rings. The van der Waals surface area contributed by atoms with Gasteiger partial charge in [-0.05, 0) is 44.4 Å². The molecule has 0 bridgehead atoms. The number of anilines is 1. The zero-order chi connectivity index (χ0) is 13.2. The lowest BCUT2D eigenvalue weighted by Crippen LogP contribution is -2.39. The Hall–Kier alpha value is -1.60. The van der Waals surface area contributed by atoms with Gasteiger partial charge in [0.05, 0.1) is 5.69 Å². The van der Waals surface area contributed by atoms with Gasteiger partial charge in [-0.3, -0.25) is 0 Å². The maximum absolute atomic E-state index is 13.7. The molecule has 100 valence electrons. The van der Waals surface area contributed by atoms with Crippen LogP contribution in [0, 0.1) is 17.1 Å². The SMILES string of the molecule is N#Cc1c(F)cccc1N(CC1CCCN1)C1CC1. The van der Waals surface area contributed by atoms with Gasteiger partial charge in [0, 0.05) is 18.6 Å². The summed E-state index contributed by atoms with van der Waals surface area (Å²) >= 11 is 0. The van der Waals surface area contributed by atoms with Crippen molar-refractivity contribution >= 4 is 5.69 Å². The molecule has 1 aliphatic carbocycles. The minimum absolute atomic E-state index is 0.187. The van der Waals surface area contributed by atoms with Crippen molar-refractivity contribution in [3.05, 3.63) is 29.6 Å². The third-order valence-corrected chi connectivity index (χ3v) is 3.98. The van der Waals surface area contributed by atoms with E-state index >= 15 is 0 Å². The summed E-state index contributed by atoms with van der Waals surface area (Å²) in [4.78, 5) is 2.23. The van der Waals surface area contributed by atoms with E-state index in [1.54, 1.807) is 6.07 Å². The summed E-state index contributed by atoms with van der Waals surface area (Å²) in [5, 5.41) is 12.7. The van der Waals surface area contributed by atoms with Crippen molar-refractivity contribution in [2.75, 3.05) is 18.0 Å². The summed E-state index contributed by atoms with van der Waals surface area (Å²) < 4.78 is 13.7. The lowest BCUT2D eigenvalue weighted by Gasteiger charge is -2.28. The van der Waals surface area contributed by atoms with E-state index in [9.17, 15) is 9.65 Å². The van der Waals surface area contributed by atoms with Crippen molar-refractivity contribution in [1.29, 1.82) is 5.26 Å². The summed E-state index contributed by atoms with van der Waals surface area (Å²) in [6.07, 6.45) is 4.67. The van der Waals surface area contributed by atoms with Gasteiger partial charge in [-0.15, -0.1) is 0 Å². The number of halogens is 1. The van der Waals surface area contributed by atoms with Crippen LogP contribution in [0.15, 0.2) is 18.2 Å². The molecule has 3 rings (SSSR count). The molecular formula is C15H18FN3. The van der Waals surface area contributed by atoms with Crippen LogP contribution < -0.4 is 10.2 Å². The first-order valence-electron chi connectivity index (χ1n) is 6.98. The summed E-state index contributed by atoms with van der Waals surface area (Å²) in [5.74, 6) is -0.412. The Balaban J connectivity index is 1.87. The molecule has 19 heavy (non-hydrogen) atoms. The highest BCUT2D eigenvalue weighted by atomic mass is 19.1. The Bertz CT molecular complexity index is 499. The standard InChI is InChI=1S/C15H18FN3/c16-14-4-1-5-15(13(14)9-17)19(12-6-7-12)10-11-3-2-8-18-11/h1,4-5,11-12,18H,2-3,6-8,10H2. The van der Waals surface area contributed by atoms with E-state index in [-0.39, 0.29) is 5.56 Å². The molecule has 3 nitrogen and oxygen atoms in total. The Morgan fingerprint density at radius 2 is 2.21 bits per heavy atom. The molecule has 1 aromatic carbocycles. The molecule has 1 aliphatic heterocycles. The molecule has 1 unspecified atom stereocenters. The van der Waals surface area contributed by atoms with Gasteiger partial charge >= 0.3 is 0 Å². The zero-order valence-corrected chi connectivity index (χ0v) is 10.9. The smallest absolute Gasteiger partial charge is 0.143 e. The van der Waals surface area contributed by atoms with E-state index in [2.05, 4.69) is 10.2 Å².